The predicted octanol–water partition coefficient (Wildman–Crippen LogP) is 2.15. The summed E-state index contributed by atoms with van der Waals surface area (Å²) >= 11 is 7.53. The van der Waals surface area contributed by atoms with Crippen LogP contribution in [-0.2, 0) is 16.1 Å². The molecule has 138 valence electrons. The number of halogens is 1. The van der Waals surface area contributed by atoms with Crippen molar-refractivity contribution in [2.45, 2.75) is 25.8 Å². The van der Waals surface area contributed by atoms with Crippen LogP contribution in [0.15, 0.2) is 27.9 Å². The highest BCUT2D eigenvalue weighted by Gasteiger charge is 2.17. The lowest BCUT2D eigenvalue weighted by Gasteiger charge is -2.25. The van der Waals surface area contributed by atoms with Gasteiger partial charge in [-0.2, -0.15) is 5.10 Å². The number of hydrogen-bond donors (Lipinski definition) is 2. The summed E-state index contributed by atoms with van der Waals surface area (Å²) in [6, 6.07) is 3.39. The molecule has 3 heterocycles. The van der Waals surface area contributed by atoms with E-state index in [2.05, 4.69) is 25.7 Å². The van der Waals surface area contributed by atoms with Crippen LogP contribution < -0.4 is 15.6 Å². The number of hydrogen-bond acceptors (Lipinski definition) is 7. The summed E-state index contributed by atoms with van der Waals surface area (Å²) in [5, 5.41) is 7.39. The molecular weight excluding hydrogens is 378 g/mol. The smallest absolute Gasteiger partial charge is 0.329 e. The zero-order chi connectivity index (χ0) is 18.4. The van der Waals surface area contributed by atoms with Crippen LogP contribution in [0.25, 0.3) is 0 Å². The zero-order valence-corrected chi connectivity index (χ0v) is 15.5. The van der Waals surface area contributed by atoms with E-state index in [1.54, 1.807) is 12.1 Å². The fourth-order valence-electron chi connectivity index (χ4n) is 2.46. The first-order chi connectivity index (χ1) is 12.6. The maximum Gasteiger partial charge on any atom is 0.329 e. The van der Waals surface area contributed by atoms with E-state index in [1.165, 1.54) is 30.2 Å². The number of anilines is 1. The predicted molar refractivity (Wildman–Crippen MR) is 99.5 cm³/mol. The van der Waals surface area contributed by atoms with Crippen molar-refractivity contribution >= 4 is 46.1 Å². The zero-order valence-electron chi connectivity index (χ0n) is 13.9. The number of carbonyl (C=O) groups excluding carboxylic acids is 2. The molecule has 1 aliphatic heterocycles. The van der Waals surface area contributed by atoms with Gasteiger partial charge in [0.25, 0.3) is 0 Å². The molecule has 1 fully saturated rings. The van der Waals surface area contributed by atoms with E-state index >= 15 is 0 Å². The number of nitrogens with one attached hydrogen (secondary N) is 2. The number of aromatic nitrogens is 1. The van der Waals surface area contributed by atoms with Crippen molar-refractivity contribution in [3.05, 3.63) is 34.2 Å². The van der Waals surface area contributed by atoms with Crippen molar-refractivity contribution in [3.8, 4) is 0 Å². The minimum atomic E-state index is -0.871. The Morgan fingerprint density at radius 1 is 1.35 bits per heavy atom. The maximum atomic E-state index is 11.7. The summed E-state index contributed by atoms with van der Waals surface area (Å²) < 4.78 is 5.07. The molecule has 2 aromatic heterocycles. The van der Waals surface area contributed by atoms with E-state index < -0.39 is 11.8 Å². The molecule has 0 radical (unpaired) electrons. The van der Waals surface area contributed by atoms with Crippen molar-refractivity contribution in [1.29, 1.82) is 0 Å². The van der Waals surface area contributed by atoms with Gasteiger partial charge in [0.15, 0.2) is 10.3 Å². The quantitative estimate of drug-likeness (QED) is 0.459. The van der Waals surface area contributed by atoms with Gasteiger partial charge in [0.1, 0.15) is 5.76 Å². The van der Waals surface area contributed by atoms with Crippen LogP contribution in [0.4, 0.5) is 5.13 Å². The Hall–Kier alpha value is -2.39. The molecule has 0 unspecified atom stereocenters. The summed E-state index contributed by atoms with van der Waals surface area (Å²) in [6.45, 7) is 2.06. The molecule has 2 N–H and O–H groups in total. The molecule has 3 rings (SSSR count). The molecule has 0 saturated carbocycles. The van der Waals surface area contributed by atoms with Gasteiger partial charge in [-0.05, 0) is 31.4 Å². The van der Waals surface area contributed by atoms with Gasteiger partial charge in [0, 0.05) is 13.1 Å². The SMILES string of the molecule is O=C(NCc1ccco1)C(=O)N/N=C\c1sc(N2CCCCC2)nc1Cl. The molecule has 0 aromatic carbocycles. The molecule has 1 aliphatic rings. The summed E-state index contributed by atoms with van der Waals surface area (Å²) in [7, 11) is 0. The van der Waals surface area contributed by atoms with Crippen molar-refractivity contribution in [2.75, 3.05) is 18.0 Å². The van der Waals surface area contributed by atoms with E-state index in [9.17, 15) is 9.59 Å². The second-order valence-corrected chi connectivity index (χ2v) is 7.03. The van der Waals surface area contributed by atoms with Crippen LogP contribution >= 0.6 is 22.9 Å². The molecule has 10 heteroatoms. The average molecular weight is 396 g/mol. The van der Waals surface area contributed by atoms with Crippen LogP contribution in [0.2, 0.25) is 5.15 Å². The standard InChI is InChI=1S/C16H18ClN5O3S/c17-13-12(26-16(20-13)22-6-2-1-3-7-22)10-19-21-15(24)14(23)18-9-11-5-4-8-25-11/h4-5,8,10H,1-3,6-7,9H2,(H,18,23)(H,21,24)/b19-10-. The highest BCUT2D eigenvalue weighted by molar-refractivity contribution is 7.17. The normalized spacial score (nSPS) is 14.6. The second-order valence-electron chi connectivity index (χ2n) is 5.66. The van der Waals surface area contributed by atoms with Gasteiger partial charge in [-0.1, -0.05) is 22.9 Å². The summed E-state index contributed by atoms with van der Waals surface area (Å²) in [5.41, 5.74) is 2.17. The van der Waals surface area contributed by atoms with Gasteiger partial charge in [-0.3, -0.25) is 9.59 Å². The third-order valence-corrected chi connectivity index (χ3v) is 5.23. The van der Waals surface area contributed by atoms with E-state index in [4.69, 9.17) is 16.0 Å². The van der Waals surface area contributed by atoms with Crippen molar-refractivity contribution in [3.63, 3.8) is 0 Å². The topological polar surface area (TPSA) is 99.8 Å². The minimum Gasteiger partial charge on any atom is -0.467 e. The molecule has 8 nitrogen and oxygen atoms in total. The van der Waals surface area contributed by atoms with Gasteiger partial charge < -0.3 is 14.6 Å². The number of furan rings is 1. The number of thiazole rings is 1. The van der Waals surface area contributed by atoms with Crippen LogP contribution in [0.1, 0.15) is 29.9 Å². The molecule has 2 aromatic rings. The van der Waals surface area contributed by atoms with Gasteiger partial charge in [0.05, 0.1) is 23.9 Å². The Labute approximate surface area is 159 Å². The average Bonchev–Trinajstić information content (AvgIpc) is 3.30. The monoisotopic (exact) mass is 395 g/mol. The van der Waals surface area contributed by atoms with Crippen LogP contribution in [0.5, 0.6) is 0 Å². The van der Waals surface area contributed by atoms with E-state index in [1.807, 2.05) is 0 Å². The third kappa shape index (κ3) is 4.83. The van der Waals surface area contributed by atoms with Gasteiger partial charge in [-0.15, -0.1) is 0 Å². The lowest BCUT2D eigenvalue weighted by molar-refractivity contribution is -0.139. The number of piperidine rings is 1. The Morgan fingerprint density at radius 3 is 2.88 bits per heavy atom. The van der Waals surface area contributed by atoms with Crippen molar-refractivity contribution < 1.29 is 14.0 Å². The van der Waals surface area contributed by atoms with Gasteiger partial charge in [0.2, 0.25) is 0 Å². The Kier molecular flexibility index (Phi) is 6.24. The summed E-state index contributed by atoms with van der Waals surface area (Å²) in [4.78, 5) is 30.5. The molecule has 0 bridgehead atoms. The van der Waals surface area contributed by atoms with Crippen molar-refractivity contribution in [2.24, 2.45) is 5.10 Å². The van der Waals surface area contributed by atoms with Crippen LogP contribution in [-0.4, -0.2) is 36.1 Å². The number of nitrogens with zero attached hydrogens (tertiary/aromatic N) is 3. The van der Waals surface area contributed by atoms with Crippen molar-refractivity contribution in [1.82, 2.24) is 15.7 Å². The Balaban J connectivity index is 1.50. The highest BCUT2D eigenvalue weighted by Crippen LogP contribution is 2.30. The minimum absolute atomic E-state index is 0.128. The molecule has 0 aliphatic carbocycles. The lowest BCUT2D eigenvalue weighted by atomic mass is 10.1. The fourth-order valence-corrected chi connectivity index (χ4v) is 3.64. The molecule has 0 spiro atoms. The van der Waals surface area contributed by atoms with E-state index in [0.717, 1.165) is 31.1 Å². The molecule has 0 atom stereocenters. The lowest BCUT2D eigenvalue weighted by Crippen LogP contribution is -2.37. The largest absolute Gasteiger partial charge is 0.467 e. The van der Waals surface area contributed by atoms with E-state index in [-0.39, 0.29) is 6.54 Å². The highest BCUT2D eigenvalue weighted by atomic mass is 35.5. The number of rotatable bonds is 5. The second kappa shape index (κ2) is 8.81. The van der Waals surface area contributed by atoms with Crippen LogP contribution in [0.3, 0.4) is 0 Å². The van der Waals surface area contributed by atoms with Gasteiger partial charge in [-0.25, -0.2) is 10.4 Å². The number of carbonyl (C=O) groups is 2. The van der Waals surface area contributed by atoms with Crippen LogP contribution in [0, 0.1) is 0 Å². The summed E-state index contributed by atoms with van der Waals surface area (Å²) in [5.74, 6) is -1.12. The number of amides is 2. The van der Waals surface area contributed by atoms with Gasteiger partial charge >= 0.3 is 11.8 Å². The third-order valence-electron chi connectivity index (χ3n) is 3.78. The first kappa shape index (κ1) is 18.4. The Bertz CT molecular complexity index is 784. The maximum absolute atomic E-state index is 11.7. The molecule has 1 saturated heterocycles. The molecule has 26 heavy (non-hydrogen) atoms. The fraction of sp³-hybridized carbons (Fsp3) is 0.375. The van der Waals surface area contributed by atoms with E-state index in [0.29, 0.717) is 15.8 Å². The molecule has 2 amide bonds. The molecular formula is C16H18ClN5O3S. The summed E-state index contributed by atoms with van der Waals surface area (Å²) in [6.07, 6.45) is 6.40. The first-order valence-corrected chi connectivity index (χ1v) is 9.38. The Morgan fingerprint density at radius 2 is 2.15 bits per heavy atom. The first-order valence-electron chi connectivity index (χ1n) is 8.18. The number of hydrazone groups is 1.